The van der Waals surface area contributed by atoms with Gasteiger partial charge in [0.15, 0.2) is 0 Å². The largest absolute Gasteiger partial charge is 0.573 e. The van der Waals surface area contributed by atoms with Crippen molar-refractivity contribution in [2.24, 2.45) is 0 Å². The molecule has 3 rings (SSSR count). The normalized spacial score (nSPS) is 11.3. The molecule has 1 heterocycles. The van der Waals surface area contributed by atoms with E-state index in [2.05, 4.69) is 20.3 Å². The number of halogens is 3. The van der Waals surface area contributed by atoms with Crippen LogP contribution in [0.5, 0.6) is 5.75 Å². The van der Waals surface area contributed by atoms with E-state index in [1.807, 2.05) is 13.0 Å². The van der Waals surface area contributed by atoms with Gasteiger partial charge in [0.05, 0.1) is 0 Å². The molecule has 0 saturated carbocycles. The molecule has 1 N–H and O–H groups in total. The number of benzene rings is 2. The first-order chi connectivity index (χ1) is 13.3. The van der Waals surface area contributed by atoms with Crippen LogP contribution in [0, 0.1) is 0 Å². The second kappa shape index (κ2) is 8.12. The fourth-order valence-electron chi connectivity index (χ4n) is 2.56. The third kappa shape index (κ3) is 5.09. The van der Waals surface area contributed by atoms with E-state index < -0.39 is 18.0 Å². The number of rotatable bonds is 6. The van der Waals surface area contributed by atoms with Crippen molar-refractivity contribution in [1.82, 2.24) is 10.2 Å². The van der Waals surface area contributed by atoms with Gasteiger partial charge >= 0.3 is 12.4 Å². The maximum atomic E-state index is 12.5. The number of anilines is 1. The van der Waals surface area contributed by atoms with Crippen molar-refractivity contribution >= 4 is 11.9 Å². The topological polar surface area (TPSA) is 77.2 Å². The van der Waals surface area contributed by atoms with E-state index in [1.54, 1.807) is 24.3 Å². The Bertz CT molecular complexity index is 956. The average molecular weight is 391 g/mol. The summed E-state index contributed by atoms with van der Waals surface area (Å²) < 4.78 is 47.0. The number of ether oxygens (including phenoxy) is 1. The van der Waals surface area contributed by atoms with Gasteiger partial charge < -0.3 is 9.15 Å². The minimum absolute atomic E-state index is 0.00957. The van der Waals surface area contributed by atoms with Crippen molar-refractivity contribution in [2.75, 3.05) is 5.32 Å². The van der Waals surface area contributed by atoms with Gasteiger partial charge in [-0.25, -0.2) is 0 Å². The number of amides is 1. The molecule has 9 heteroatoms. The maximum Gasteiger partial charge on any atom is 0.573 e. The number of alkyl halides is 3. The minimum Gasteiger partial charge on any atom is -0.406 e. The SMILES string of the molecule is CCCc1cc(OC(F)(F)F)cc(C(=O)Nc2nnc(-c3ccccc3)o2)c1. The van der Waals surface area contributed by atoms with Crippen LogP contribution in [0.25, 0.3) is 11.5 Å². The predicted octanol–water partition coefficient (Wildman–Crippen LogP) is 4.84. The summed E-state index contributed by atoms with van der Waals surface area (Å²) in [5.74, 6) is -0.941. The Hall–Kier alpha value is -3.36. The molecule has 1 aromatic heterocycles. The van der Waals surface area contributed by atoms with Gasteiger partial charge in [-0.1, -0.05) is 36.6 Å². The zero-order valence-corrected chi connectivity index (χ0v) is 14.8. The maximum absolute atomic E-state index is 12.5. The molecule has 0 unspecified atom stereocenters. The summed E-state index contributed by atoms with van der Waals surface area (Å²) in [6.45, 7) is 1.88. The first-order valence-corrected chi connectivity index (χ1v) is 8.44. The molecule has 3 aromatic rings. The molecule has 28 heavy (non-hydrogen) atoms. The van der Waals surface area contributed by atoms with Gasteiger partial charge in [0.25, 0.3) is 5.91 Å². The van der Waals surface area contributed by atoms with Crippen molar-refractivity contribution in [3.63, 3.8) is 0 Å². The minimum atomic E-state index is -4.85. The summed E-state index contributed by atoms with van der Waals surface area (Å²) in [6.07, 6.45) is -3.66. The Morgan fingerprint density at radius 2 is 1.89 bits per heavy atom. The Balaban J connectivity index is 1.81. The number of aromatic nitrogens is 2. The van der Waals surface area contributed by atoms with Crippen LogP contribution >= 0.6 is 0 Å². The van der Waals surface area contributed by atoms with E-state index in [0.29, 0.717) is 24.0 Å². The first kappa shape index (κ1) is 19.4. The molecule has 0 aliphatic carbocycles. The van der Waals surface area contributed by atoms with Gasteiger partial charge in [-0.15, -0.1) is 18.3 Å². The fourth-order valence-corrected chi connectivity index (χ4v) is 2.56. The fraction of sp³-hybridized carbons (Fsp3) is 0.211. The van der Waals surface area contributed by atoms with Crippen molar-refractivity contribution in [3.05, 3.63) is 59.7 Å². The van der Waals surface area contributed by atoms with Gasteiger partial charge in [-0.3, -0.25) is 10.1 Å². The summed E-state index contributed by atoms with van der Waals surface area (Å²) in [5.41, 5.74) is 1.20. The van der Waals surface area contributed by atoms with Crippen molar-refractivity contribution in [3.8, 4) is 17.2 Å². The van der Waals surface area contributed by atoms with Crippen LogP contribution in [0.3, 0.4) is 0 Å². The lowest BCUT2D eigenvalue weighted by Gasteiger charge is -2.12. The molecule has 0 bridgehead atoms. The van der Waals surface area contributed by atoms with E-state index in [-0.39, 0.29) is 17.5 Å². The summed E-state index contributed by atoms with van der Waals surface area (Å²) in [6, 6.07) is 12.5. The lowest BCUT2D eigenvalue weighted by atomic mass is 10.1. The lowest BCUT2D eigenvalue weighted by Crippen LogP contribution is -2.18. The number of hydrogen-bond acceptors (Lipinski definition) is 5. The van der Waals surface area contributed by atoms with E-state index in [9.17, 15) is 18.0 Å². The summed E-state index contributed by atoms with van der Waals surface area (Å²) >= 11 is 0. The van der Waals surface area contributed by atoms with Crippen LogP contribution < -0.4 is 10.1 Å². The molecular weight excluding hydrogens is 375 g/mol. The van der Waals surface area contributed by atoms with Gasteiger partial charge in [0.2, 0.25) is 5.89 Å². The third-order valence-electron chi connectivity index (χ3n) is 3.67. The molecule has 1 amide bonds. The summed E-state index contributed by atoms with van der Waals surface area (Å²) in [4.78, 5) is 12.5. The molecule has 0 radical (unpaired) electrons. The Kier molecular flexibility index (Phi) is 5.62. The monoisotopic (exact) mass is 391 g/mol. The van der Waals surface area contributed by atoms with Crippen molar-refractivity contribution < 1.29 is 27.1 Å². The van der Waals surface area contributed by atoms with Crippen molar-refractivity contribution in [2.45, 2.75) is 26.1 Å². The molecular formula is C19H16F3N3O3. The number of carbonyl (C=O) groups excluding carboxylic acids is 1. The quantitative estimate of drug-likeness (QED) is 0.651. The second-order valence-corrected chi connectivity index (χ2v) is 5.90. The third-order valence-corrected chi connectivity index (χ3v) is 3.67. The predicted molar refractivity (Wildman–Crippen MR) is 94.8 cm³/mol. The highest BCUT2D eigenvalue weighted by atomic mass is 19.4. The molecule has 0 saturated heterocycles. The zero-order chi connectivity index (χ0) is 20.1. The molecule has 0 aliphatic rings. The van der Waals surface area contributed by atoms with E-state index in [1.165, 1.54) is 12.1 Å². The van der Waals surface area contributed by atoms with Crippen LogP contribution in [-0.4, -0.2) is 22.5 Å². The van der Waals surface area contributed by atoms with Gasteiger partial charge in [0, 0.05) is 11.1 Å². The standard InChI is InChI=1S/C19H16F3N3O3/c1-2-6-12-9-14(11-15(10-12)28-19(20,21)22)16(26)23-18-25-24-17(27-18)13-7-4-3-5-8-13/h3-5,7-11H,2,6H2,1H3,(H,23,25,26). The number of nitrogens with one attached hydrogen (secondary N) is 1. The number of nitrogens with zero attached hydrogens (tertiary/aromatic N) is 2. The molecule has 2 aromatic carbocycles. The highest BCUT2D eigenvalue weighted by Crippen LogP contribution is 2.26. The van der Waals surface area contributed by atoms with E-state index in [4.69, 9.17) is 4.42 Å². The van der Waals surface area contributed by atoms with Gasteiger partial charge in [0.1, 0.15) is 5.75 Å². The highest BCUT2D eigenvalue weighted by Gasteiger charge is 2.31. The molecule has 0 spiro atoms. The number of carbonyl (C=O) groups is 1. The Morgan fingerprint density at radius 1 is 1.14 bits per heavy atom. The van der Waals surface area contributed by atoms with Crippen LogP contribution in [-0.2, 0) is 6.42 Å². The molecule has 0 atom stereocenters. The van der Waals surface area contributed by atoms with Crippen LogP contribution in [0.2, 0.25) is 0 Å². The lowest BCUT2D eigenvalue weighted by molar-refractivity contribution is -0.274. The zero-order valence-electron chi connectivity index (χ0n) is 14.8. The van der Waals surface area contributed by atoms with Crippen LogP contribution in [0.15, 0.2) is 52.9 Å². The number of hydrogen-bond donors (Lipinski definition) is 1. The summed E-state index contributed by atoms with van der Waals surface area (Å²) in [7, 11) is 0. The highest BCUT2D eigenvalue weighted by molar-refractivity contribution is 6.03. The van der Waals surface area contributed by atoms with Crippen molar-refractivity contribution in [1.29, 1.82) is 0 Å². The second-order valence-electron chi connectivity index (χ2n) is 5.90. The molecule has 0 aliphatic heterocycles. The number of aryl methyl sites for hydroxylation is 1. The Labute approximate surface area is 158 Å². The first-order valence-electron chi connectivity index (χ1n) is 8.44. The average Bonchev–Trinajstić information content (AvgIpc) is 3.09. The molecule has 0 fully saturated rings. The van der Waals surface area contributed by atoms with Crippen LogP contribution in [0.4, 0.5) is 19.2 Å². The van der Waals surface area contributed by atoms with Crippen LogP contribution in [0.1, 0.15) is 29.3 Å². The Morgan fingerprint density at radius 3 is 2.57 bits per heavy atom. The smallest absolute Gasteiger partial charge is 0.406 e. The molecule has 6 nitrogen and oxygen atoms in total. The summed E-state index contributed by atoms with van der Waals surface area (Å²) in [5, 5.41) is 9.97. The van der Waals surface area contributed by atoms with Gasteiger partial charge in [-0.05, 0) is 42.3 Å². The van der Waals surface area contributed by atoms with Gasteiger partial charge in [-0.2, -0.15) is 0 Å². The molecule has 146 valence electrons. The van der Waals surface area contributed by atoms with E-state index >= 15 is 0 Å². The van der Waals surface area contributed by atoms with E-state index in [0.717, 1.165) is 6.07 Å².